The number of rotatable bonds is 6. The number of amides is 1. The van der Waals surface area contributed by atoms with E-state index in [0.29, 0.717) is 6.54 Å². The molecule has 0 fully saturated rings. The van der Waals surface area contributed by atoms with Crippen LogP contribution in [-0.4, -0.2) is 47.6 Å². The largest absolute Gasteiger partial charge is 0.481 e. The maximum Gasteiger partial charge on any atom is 0.308 e. The first kappa shape index (κ1) is 14.9. The van der Waals surface area contributed by atoms with Crippen LogP contribution in [0.15, 0.2) is 0 Å². The predicted molar refractivity (Wildman–Crippen MR) is 62.2 cm³/mol. The third-order valence-corrected chi connectivity index (χ3v) is 2.74. The van der Waals surface area contributed by atoms with E-state index in [2.05, 4.69) is 5.32 Å². The zero-order valence-electron chi connectivity index (χ0n) is 10.7. The van der Waals surface area contributed by atoms with Crippen molar-refractivity contribution in [2.45, 2.75) is 33.2 Å². The van der Waals surface area contributed by atoms with Gasteiger partial charge in [-0.15, -0.1) is 0 Å². The van der Waals surface area contributed by atoms with Gasteiger partial charge in [-0.3, -0.25) is 9.59 Å². The predicted octanol–water partition coefficient (Wildman–Crippen LogP) is 0.554. The average Bonchev–Trinajstić information content (AvgIpc) is 2.24. The number of hydrogen-bond donors (Lipinski definition) is 2. The van der Waals surface area contributed by atoms with E-state index >= 15 is 0 Å². The van der Waals surface area contributed by atoms with Crippen LogP contribution in [-0.2, 0) is 9.59 Å². The molecule has 0 aliphatic heterocycles. The molecule has 16 heavy (non-hydrogen) atoms. The highest BCUT2D eigenvalue weighted by Gasteiger charge is 2.31. The molecule has 0 radical (unpaired) electrons. The van der Waals surface area contributed by atoms with Crippen LogP contribution in [0.25, 0.3) is 0 Å². The average molecular weight is 230 g/mol. The monoisotopic (exact) mass is 230 g/mol. The van der Waals surface area contributed by atoms with Gasteiger partial charge in [-0.05, 0) is 27.8 Å². The third kappa shape index (κ3) is 3.81. The molecular formula is C11H22N2O3. The summed E-state index contributed by atoms with van der Waals surface area (Å²) in [7, 11) is 1.71. The minimum atomic E-state index is -0.881. The van der Waals surface area contributed by atoms with Crippen LogP contribution < -0.4 is 5.32 Å². The molecule has 0 heterocycles. The first-order valence-electron chi connectivity index (χ1n) is 5.47. The number of aliphatic carboxylic acids is 1. The fourth-order valence-electron chi connectivity index (χ4n) is 1.27. The van der Waals surface area contributed by atoms with E-state index in [1.54, 1.807) is 32.7 Å². The van der Waals surface area contributed by atoms with Gasteiger partial charge in [0, 0.05) is 13.1 Å². The molecule has 1 amide bonds. The lowest BCUT2D eigenvalue weighted by atomic mass is 10.0. The maximum atomic E-state index is 12.1. The fraction of sp³-hybridized carbons (Fsp3) is 0.818. The molecule has 1 unspecified atom stereocenters. The summed E-state index contributed by atoms with van der Waals surface area (Å²) in [6.07, 6.45) is 0. The first-order valence-corrected chi connectivity index (χ1v) is 5.47. The Kier molecular flexibility index (Phi) is 5.44. The lowest BCUT2D eigenvalue weighted by molar-refractivity contribution is -0.144. The number of carboxylic acid groups (broad SMARTS) is 1. The molecule has 0 spiro atoms. The van der Waals surface area contributed by atoms with Gasteiger partial charge in [0.2, 0.25) is 5.91 Å². The van der Waals surface area contributed by atoms with Gasteiger partial charge >= 0.3 is 5.97 Å². The topological polar surface area (TPSA) is 69.6 Å². The Morgan fingerprint density at radius 1 is 1.44 bits per heavy atom. The summed E-state index contributed by atoms with van der Waals surface area (Å²) >= 11 is 0. The van der Waals surface area contributed by atoms with Gasteiger partial charge < -0.3 is 15.3 Å². The van der Waals surface area contributed by atoms with E-state index in [0.717, 1.165) is 0 Å². The van der Waals surface area contributed by atoms with Crippen molar-refractivity contribution in [2.75, 3.05) is 20.1 Å². The molecule has 0 aromatic heterocycles. The zero-order valence-corrected chi connectivity index (χ0v) is 10.7. The summed E-state index contributed by atoms with van der Waals surface area (Å²) in [5.41, 5.74) is -0.658. The summed E-state index contributed by atoms with van der Waals surface area (Å²) in [6.45, 7) is 7.77. The highest BCUT2D eigenvalue weighted by atomic mass is 16.4. The molecule has 0 rings (SSSR count). The van der Waals surface area contributed by atoms with Gasteiger partial charge in [-0.1, -0.05) is 6.92 Å². The molecule has 0 saturated carbocycles. The van der Waals surface area contributed by atoms with Gasteiger partial charge in [0.25, 0.3) is 0 Å². The minimum Gasteiger partial charge on any atom is -0.481 e. The van der Waals surface area contributed by atoms with E-state index in [9.17, 15) is 9.59 Å². The van der Waals surface area contributed by atoms with Crippen molar-refractivity contribution in [3.05, 3.63) is 0 Å². The fourth-order valence-corrected chi connectivity index (χ4v) is 1.27. The Hall–Kier alpha value is -1.10. The number of hydrogen-bond acceptors (Lipinski definition) is 3. The molecule has 94 valence electrons. The van der Waals surface area contributed by atoms with Crippen LogP contribution in [0.5, 0.6) is 0 Å². The van der Waals surface area contributed by atoms with Gasteiger partial charge in [0.15, 0.2) is 0 Å². The van der Waals surface area contributed by atoms with Crippen LogP contribution in [0, 0.1) is 5.92 Å². The first-order chi connectivity index (χ1) is 7.26. The van der Waals surface area contributed by atoms with E-state index in [4.69, 9.17) is 5.11 Å². The number of likely N-dealkylation sites (N-methyl/N-ethyl adjacent to an activating group) is 2. The minimum absolute atomic E-state index is 0.0781. The summed E-state index contributed by atoms with van der Waals surface area (Å²) in [5.74, 6) is -1.50. The highest BCUT2D eigenvalue weighted by molar-refractivity contribution is 5.85. The van der Waals surface area contributed by atoms with E-state index in [-0.39, 0.29) is 12.5 Å². The smallest absolute Gasteiger partial charge is 0.308 e. The molecule has 5 heteroatoms. The lowest BCUT2D eigenvalue weighted by Gasteiger charge is -2.31. The number of carbonyl (C=O) groups is 2. The van der Waals surface area contributed by atoms with Gasteiger partial charge in [0.1, 0.15) is 0 Å². The Labute approximate surface area is 96.8 Å². The molecule has 0 bridgehead atoms. The van der Waals surface area contributed by atoms with Crippen molar-refractivity contribution in [1.82, 2.24) is 10.2 Å². The summed E-state index contributed by atoms with van der Waals surface area (Å²) in [6, 6.07) is 0. The molecular weight excluding hydrogens is 208 g/mol. The summed E-state index contributed by atoms with van der Waals surface area (Å²) in [4.78, 5) is 24.4. The normalized spacial score (nSPS) is 13.3. The Bertz CT molecular complexity index is 264. The zero-order chi connectivity index (χ0) is 12.9. The molecule has 5 nitrogen and oxygen atoms in total. The van der Waals surface area contributed by atoms with Crippen LogP contribution in [0.3, 0.4) is 0 Å². The molecule has 0 aromatic rings. The van der Waals surface area contributed by atoms with E-state index in [1.165, 1.54) is 0 Å². The Morgan fingerprint density at radius 2 is 1.94 bits per heavy atom. The van der Waals surface area contributed by atoms with Gasteiger partial charge in [-0.2, -0.15) is 0 Å². The second kappa shape index (κ2) is 5.84. The second-order valence-electron chi connectivity index (χ2n) is 4.46. The molecule has 0 aromatic carbocycles. The number of nitrogens with zero attached hydrogens (tertiary/aromatic N) is 1. The van der Waals surface area contributed by atoms with E-state index < -0.39 is 17.4 Å². The van der Waals surface area contributed by atoms with Crippen molar-refractivity contribution < 1.29 is 14.7 Å². The Balaban J connectivity index is 4.62. The second-order valence-corrected chi connectivity index (χ2v) is 4.46. The maximum absolute atomic E-state index is 12.1. The summed E-state index contributed by atoms with van der Waals surface area (Å²) < 4.78 is 0. The summed E-state index contributed by atoms with van der Waals surface area (Å²) in [5, 5.41) is 11.7. The van der Waals surface area contributed by atoms with Crippen molar-refractivity contribution in [3.8, 4) is 0 Å². The third-order valence-electron chi connectivity index (χ3n) is 2.74. The molecule has 0 aliphatic rings. The molecule has 0 aliphatic carbocycles. The molecule has 2 N–H and O–H groups in total. The van der Waals surface area contributed by atoms with Gasteiger partial charge in [0.05, 0.1) is 11.5 Å². The molecule has 0 saturated heterocycles. The van der Waals surface area contributed by atoms with E-state index in [1.807, 2.05) is 6.92 Å². The Morgan fingerprint density at radius 3 is 2.25 bits per heavy atom. The standard InChI is InChI=1S/C11H22N2O3/c1-6-13(7-8(2)9(14)15)10(16)11(3,4)12-5/h8,12H,6-7H2,1-5H3,(H,14,15). The number of carbonyl (C=O) groups excluding carboxylic acids is 1. The number of nitrogens with one attached hydrogen (secondary N) is 1. The van der Waals surface area contributed by atoms with Crippen molar-refractivity contribution in [2.24, 2.45) is 5.92 Å². The number of carboxylic acids is 1. The van der Waals surface area contributed by atoms with Crippen molar-refractivity contribution in [3.63, 3.8) is 0 Å². The lowest BCUT2D eigenvalue weighted by Crippen LogP contribution is -2.53. The van der Waals surface area contributed by atoms with Crippen LogP contribution >= 0.6 is 0 Å². The van der Waals surface area contributed by atoms with Gasteiger partial charge in [-0.25, -0.2) is 0 Å². The highest BCUT2D eigenvalue weighted by Crippen LogP contribution is 2.09. The molecule has 1 atom stereocenters. The van der Waals surface area contributed by atoms with Crippen molar-refractivity contribution in [1.29, 1.82) is 0 Å². The quantitative estimate of drug-likeness (QED) is 0.699. The van der Waals surface area contributed by atoms with Crippen molar-refractivity contribution >= 4 is 11.9 Å². The SMILES string of the molecule is CCN(CC(C)C(=O)O)C(=O)C(C)(C)NC. The van der Waals surface area contributed by atoms with Crippen LogP contribution in [0.4, 0.5) is 0 Å². The van der Waals surface area contributed by atoms with Crippen LogP contribution in [0.2, 0.25) is 0 Å². The van der Waals surface area contributed by atoms with Crippen LogP contribution in [0.1, 0.15) is 27.7 Å².